The third-order valence-electron chi connectivity index (χ3n) is 4.88. The van der Waals surface area contributed by atoms with Gasteiger partial charge in [0.05, 0.1) is 38.6 Å². The summed E-state index contributed by atoms with van der Waals surface area (Å²) in [6.07, 6.45) is 4.97. The first-order valence-electron chi connectivity index (χ1n) is 9.22. The topological polar surface area (TPSA) is 144 Å². The molecule has 0 radical (unpaired) electrons. The number of rotatable bonds is 10. The first-order valence-corrected chi connectivity index (χ1v) is 9.22. The molecule has 11 nitrogen and oxygen atoms in total. The number of carboxylic acid groups (broad SMARTS) is 1. The molecule has 1 heterocycles. The highest BCUT2D eigenvalue weighted by molar-refractivity contribution is 5.77. The van der Waals surface area contributed by atoms with E-state index in [9.17, 15) is 19.5 Å². The molecule has 1 aliphatic carbocycles. The number of hydrogen-bond donors (Lipinski definition) is 2. The molecule has 1 fully saturated rings. The second-order valence-corrected chi connectivity index (χ2v) is 7.09. The molecule has 28 heavy (non-hydrogen) atoms. The lowest BCUT2D eigenvalue weighted by atomic mass is 9.87. The van der Waals surface area contributed by atoms with Crippen molar-refractivity contribution in [3.05, 3.63) is 11.9 Å². The fraction of sp³-hybridized carbons (Fsp3) is 0.706. The number of carbonyl (C=O) groups is 3. The molecule has 0 aliphatic heterocycles. The van der Waals surface area contributed by atoms with Crippen LogP contribution in [0.1, 0.15) is 38.3 Å². The summed E-state index contributed by atoms with van der Waals surface area (Å²) in [6.45, 7) is 1.67. The van der Waals surface area contributed by atoms with Crippen LogP contribution in [-0.2, 0) is 25.7 Å². The average Bonchev–Trinajstić information content (AvgIpc) is 3.04. The quantitative estimate of drug-likeness (QED) is 0.383. The van der Waals surface area contributed by atoms with Gasteiger partial charge in [-0.05, 0) is 25.0 Å². The number of Topliss-reactive ketones (excluding diaryl/α,β-unsaturated/α-hetero) is 1. The van der Waals surface area contributed by atoms with Gasteiger partial charge in [0.2, 0.25) is 0 Å². The van der Waals surface area contributed by atoms with Crippen LogP contribution in [-0.4, -0.2) is 86.6 Å². The summed E-state index contributed by atoms with van der Waals surface area (Å²) in [4.78, 5) is 39.8. The number of nitrogens with zero attached hydrogens (tertiary/aromatic N) is 5. The number of ether oxygens (including phenoxy) is 1. The third kappa shape index (κ3) is 6.27. The fourth-order valence-corrected chi connectivity index (χ4v) is 3.81. The Labute approximate surface area is 163 Å². The maximum atomic E-state index is 11.9. The molecule has 2 rings (SSSR count). The summed E-state index contributed by atoms with van der Waals surface area (Å²) in [7, 11) is 1.28. The highest BCUT2D eigenvalue weighted by Gasteiger charge is 2.36. The van der Waals surface area contributed by atoms with Crippen LogP contribution in [0.15, 0.2) is 6.20 Å². The molecule has 0 amide bonds. The summed E-state index contributed by atoms with van der Waals surface area (Å²) in [5.41, 5.74) is 0.617. The van der Waals surface area contributed by atoms with Crippen molar-refractivity contribution in [2.45, 2.75) is 51.2 Å². The van der Waals surface area contributed by atoms with Gasteiger partial charge in [0.25, 0.3) is 0 Å². The molecule has 1 aliphatic rings. The molecule has 3 N–H and O–H groups in total. The number of ketones is 1. The van der Waals surface area contributed by atoms with Crippen molar-refractivity contribution in [2.24, 2.45) is 0 Å². The van der Waals surface area contributed by atoms with Crippen molar-refractivity contribution in [3.63, 3.8) is 0 Å². The van der Waals surface area contributed by atoms with Gasteiger partial charge in [-0.2, -0.15) is 4.79 Å². The lowest BCUT2D eigenvalue weighted by Gasteiger charge is -2.44. The van der Waals surface area contributed by atoms with Crippen molar-refractivity contribution in [3.8, 4) is 0 Å². The summed E-state index contributed by atoms with van der Waals surface area (Å²) in [5, 5.41) is 17.0. The maximum Gasteiger partial charge on any atom is 0.319 e. The van der Waals surface area contributed by atoms with Gasteiger partial charge in [-0.3, -0.25) is 24.2 Å². The van der Waals surface area contributed by atoms with Crippen LogP contribution in [0.2, 0.25) is 0 Å². The number of carboxylic acids is 1. The molecule has 0 aromatic carbocycles. The van der Waals surface area contributed by atoms with E-state index in [4.69, 9.17) is 10.6 Å². The molecule has 0 bridgehead atoms. The van der Waals surface area contributed by atoms with Crippen molar-refractivity contribution in [1.29, 1.82) is 0 Å². The molecule has 156 valence electrons. The zero-order valence-corrected chi connectivity index (χ0v) is 16.3. The Kier molecular flexibility index (Phi) is 7.88. The van der Waals surface area contributed by atoms with Crippen molar-refractivity contribution in [1.82, 2.24) is 24.9 Å². The van der Waals surface area contributed by atoms with E-state index in [0.29, 0.717) is 12.2 Å². The van der Waals surface area contributed by atoms with Crippen molar-refractivity contribution < 1.29 is 24.2 Å². The van der Waals surface area contributed by atoms with Crippen molar-refractivity contribution in [2.75, 3.05) is 32.6 Å². The third-order valence-corrected chi connectivity index (χ3v) is 4.88. The number of nitrogen functional groups attached to an aromatic ring is 1. The van der Waals surface area contributed by atoms with E-state index < -0.39 is 11.9 Å². The monoisotopic (exact) mass is 396 g/mol. The number of carbonyl (C=O) groups excluding carboxylic acids is 2. The molecule has 0 saturated heterocycles. The van der Waals surface area contributed by atoms with E-state index in [2.05, 4.69) is 10.3 Å². The van der Waals surface area contributed by atoms with E-state index >= 15 is 0 Å². The minimum Gasteiger partial charge on any atom is -0.480 e. The predicted octanol–water partition coefficient (Wildman–Crippen LogP) is -0.746. The van der Waals surface area contributed by atoms with Crippen LogP contribution in [0.25, 0.3) is 0 Å². The minimum absolute atomic E-state index is 0.0118. The number of aliphatic carboxylic acids is 1. The molecule has 1 aromatic heterocycles. The molecule has 1 saturated carbocycles. The molecule has 0 spiro atoms. The predicted molar refractivity (Wildman–Crippen MR) is 98.5 cm³/mol. The number of nitrogens with two attached hydrogens (primary N) is 1. The number of hydrogen-bond acceptors (Lipinski definition) is 9. The molecular formula is C17H28N6O5. The minimum atomic E-state index is -1.02. The van der Waals surface area contributed by atoms with E-state index in [1.54, 1.807) is 11.1 Å². The van der Waals surface area contributed by atoms with Crippen LogP contribution < -0.4 is 5.84 Å². The fourth-order valence-electron chi connectivity index (χ4n) is 3.81. The van der Waals surface area contributed by atoms with E-state index in [1.807, 2.05) is 4.90 Å². The standard InChI is InChI=1S/C17H28N6O5/c1-12(24)7-21(8-13-9-23(18)20-19-13)14-5-3-4-6-15(14)22(10-16(25)26)11-17(27)28-2/h9,14-15H,3-8,10-11,18H2,1-2H3,(H,25,26). The zero-order chi connectivity index (χ0) is 20.7. The van der Waals surface area contributed by atoms with E-state index in [0.717, 1.165) is 30.5 Å². The van der Waals surface area contributed by atoms with Gasteiger partial charge in [0.15, 0.2) is 0 Å². The van der Waals surface area contributed by atoms with Crippen LogP contribution in [0, 0.1) is 0 Å². The molecule has 2 unspecified atom stereocenters. The van der Waals surface area contributed by atoms with Gasteiger partial charge in [-0.15, -0.1) is 5.10 Å². The smallest absolute Gasteiger partial charge is 0.319 e. The summed E-state index contributed by atoms with van der Waals surface area (Å²) >= 11 is 0. The highest BCUT2D eigenvalue weighted by atomic mass is 16.5. The Morgan fingerprint density at radius 3 is 2.36 bits per heavy atom. The van der Waals surface area contributed by atoms with Gasteiger partial charge in [0.1, 0.15) is 5.78 Å². The Hall–Kier alpha value is -2.53. The first kappa shape index (κ1) is 21.8. The van der Waals surface area contributed by atoms with Gasteiger partial charge in [-0.25, -0.2) is 0 Å². The Bertz CT molecular complexity index is 693. The summed E-state index contributed by atoms with van der Waals surface area (Å²) in [5.74, 6) is 4.05. The van der Waals surface area contributed by atoms with Crippen LogP contribution in [0.5, 0.6) is 0 Å². The van der Waals surface area contributed by atoms with Gasteiger partial charge in [0, 0.05) is 18.6 Å². The largest absolute Gasteiger partial charge is 0.480 e. The lowest BCUT2D eigenvalue weighted by Crippen LogP contribution is -2.56. The van der Waals surface area contributed by atoms with Gasteiger partial charge >= 0.3 is 11.9 Å². The summed E-state index contributed by atoms with van der Waals surface area (Å²) < 4.78 is 4.74. The Morgan fingerprint density at radius 2 is 1.86 bits per heavy atom. The number of esters is 1. The zero-order valence-electron chi connectivity index (χ0n) is 16.3. The first-order chi connectivity index (χ1) is 13.3. The second kappa shape index (κ2) is 10.1. The van der Waals surface area contributed by atoms with E-state index in [-0.39, 0.29) is 37.5 Å². The van der Waals surface area contributed by atoms with Crippen LogP contribution in [0.3, 0.4) is 0 Å². The van der Waals surface area contributed by atoms with Gasteiger partial charge in [-0.1, -0.05) is 12.8 Å². The molecule has 2 atom stereocenters. The highest BCUT2D eigenvalue weighted by Crippen LogP contribution is 2.28. The lowest BCUT2D eigenvalue weighted by molar-refractivity contribution is -0.146. The molecular weight excluding hydrogens is 368 g/mol. The summed E-state index contributed by atoms with van der Waals surface area (Å²) in [6, 6.07) is -0.305. The number of methoxy groups -OCH3 is 1. The molecule has 1 aromatic rings. The second-order valence-electron chi connectivity index (χ2n) is 7.09. The average molecular weight is 396 g/mol. The number of aromatic nitrogens is 3. The van der Waals surface area contributed by atoms with Crippen LogP contribution in [0.4, 0.5) is 0 Å². The Balaban J connectivity index is 2.26. The molecule has 11 heteroatoms. The maximum absolute atomic E-state index is 11.9. The normalized spacial score (nSPS) is 19.7. The van der Waals surface area contributed by atoms with Gasteiger partial charge < -0.3 is 15.7 Å². The SMILES string of the molecule is COC(=O)CN(CC(=O)O)C1CCCCC1N(CC(C)=O)Cc1cn(N)nn1. The van der Waals surface area contributed by atoms with E-state index in [1.165, 1.54) is 14.0 Å². The van der Waals surface area contributed by atoms with Crippen molar-refractivity contribution >= 4 is 17.7 Å². The Morgan fingerprint density at radius 1 is 1.21 bits per heavy atom. The van der Waals surface area contributed by atoms with Crippen LogP contribution >= 0.6 is 0 Å².